The zero-order valence-corrected chi connectivity index (χ0v) is 22.8. The summed E-state index contributed by atoms with van der Waals surface area (Å²) in [5, 5.41) is 5.49. The molecule has 234 valence electrons. The zero-order chi connectivity index (χ0) is 32.9. The number of nitrogens with zero attached hydrogens (tertiary/aromatic N) is 3. The van der Waals surface area contributed by atoms with Gasteiger partial charge in [-0.05, 0) is 54.1 Å². The lowest BCUT2D eigenvalue weighted by molar-refractivity contribution is -0.201. The number of methoxy groups -OCH3 is 1. The predicted octanol–water partition coefficient (Wildman–Crippen LogP) is 7.34. The highest BCUT2D eigenvalue weighted by atomic mass is 19.4. The third-order valence-corrected chi connectivity index (χ3v) is 5.88. The molecule has 1 amide bonds. The number of hydroxylamine groups is 1. The van der Waals surface area contributed by atoms with Gasteiger partial charge in [-0.2, -0.15) is 31.3 Å². The smallest absolute Gasteiger partial charge is 0.493 e. The molecular weight excluding hydrogens is 615 g/mol. The minimum atomic E-state index is -5.47. The second-order valence-corrected chi connectivity index (χ2v) is 8.86. The number of rotatable bonds is 8. The van der Waals surface area contributed by atoms with Gasteiger partial charge >= 0.3 is 18.3 Å². The molecule has 0 fully saturated rings. The molecule has 45 heavy (non-hydrogen) atoms. The molecule has 16 heteroatoms. The van der Waals surface area contributed by atoms with Crippen molar-refractivity contribution in [3.8, 4) is 16.9 Å². The quantitative estimate of drug-likeness (QED) is 0.118. The lowest BCUT2D eigenvalue weighted by Gasteiger charge is -2.21. The first-order chi connectivity index (χ1) is 21.2. The van der Waals surface area contributed by atoms with E-state index in [4.69, 9.17) is 4.74 Å². The molecule has 0 aliphatic carbocycles. The number of ether oxygens (including phenoxy) is 1. The molecule has 2 N–H and O–H groups in total. The number of para-hydroxylation sites is 2. The molecule has 1 aromatic heterocycles. The second kappa shape index (κ2) is 12.9. The van der Waals surface area contributed by atoms with Gasteiger partial charge in [0.15, 0.2) is 0 Å². The average molecular weight is 635 g/mol. The molecule has 0 spiro atoms. The Labute approximate surface area is 249 Å². The van der Waals surface area contributed by atoms with Gasteiger partial charge in [0, 0.05) is 11.8 Å². The average Bonchev–Trinajstić information content (AvgIpc) is 3.00. The third-order valence-electron chi connectivity index (χ3n) is 5.88. The van der Waals surface area contributed by atoms with Crippen LogP contribution in [0, 0.1) is 5.82 Å². The summed E-state index contributed by atoms with van der Waals surface area (Å²) >= 11 is 0. The summed E-state index contributed by atoms with van der Waals surface area (Å²) < 4.78 is 98.4. The predicted molar refractivity (Wildman–Crippen MR) is 148 cm³/mol. The van der Waals surface area contributed by atoms with Gasteiger partial charge in [0.1, 0.15) is 17.4 Å². The maximum absolute atomic E-state index is 15.0. The fourth-order valence-electron chi connectivity index (χ4n) is 3.76. The first-order valence-electron chi connectivity index (χ1n) is 12.5. The van der Waals surface area contributed by atoms with Crippen LogP contribution >= 0.6 is 0 Å². The topological polar surface area (TPSA) is 106 Å². The molecule has 0 bridgehead atoms. The Morgan fingerprint density at radius 3 is 2.24 bits per heavy atom. The maximum atomic E-state index is 15.0. The number of amides is 1. The van der Waals surface area contributed by atoms with Gasteiger partial charge in [0.25, 0.3) is 5.91 Å². The van der Waals surface area contributed by atoms with E-state index in [0.717, 1.165) is 42.5 Å². The maximum Gasteiger partial charge on any atom is 0.493 e. The standard InChI is InChI=1S/C29H20F7N5O4/c1-3-24(42)41(45-26(43)29(34,35)36)18-12-13-20(30)22(14-18)38-25-19(16-8-10-17(11-9-16)28(31,32)33)15-37-27(40-25)39-21-6-4-5-7-23(21)44-2/h3-15H,1H2,2H3,(H2,37,38,39,40). The third kappa shape index (κ3) is 7.65. The van der Waals surface area contributed by atoms with Gasteiger partial charge < -0.3 is 20.2 Å². The number of hydrogen-bond acceptors (Lipinski definition) is 8. The van der Waals surface area contributed by atoms with Crippen LogP contribution in [0.2, 0.25) is 0 Å². The lowest BCUT2D eigenvalue weighted by Crippen LogP contribution is -2.38. The van der Waals surface area contributed by atoms with E-state index in [1.54, 1.807) is 24.3 Å². The van der Waals surface area contributed by atoms with Crippen molar-refractivity contribution in [2.24, 2.45) is 0 Å². The van der Waals surface area contributed by atoms with Crippen LogP contribution in [-0.2, 0) is 20.6 Å². The highest BCUT2D eigenvalue weighted by Gasteiger charge is 2.43. The molecule has 4 aromatic rings. The summed E-state index contributed by atoms with van der Waals surface area (Å²) in [5.74, 6) is -4.86. The van der Waals surface area contributed by atoms with Crippen LogP contribution < -0.4 is 20.4 Å². The zero-order valence-electron chi connectivity index (χ0n) is 22.8. The fourth-order valence-corrected chi connectivity index (χ4v) is 3.76. The molecule has 0 saturated heterocycles. The Balaban J connectivity index is 1.79. The Morgan fingerprint density at radius 1 is 0.933 bits per heavy atom. The van der Waals surface area contributed by atoms with Crippen molar-refractivity contribution in [2.75, 3.05) is 22.8 Å². The molecule has 0 aliphatic rings. The van der Waals surface area contributed by atoms with E-state index in [1.807, 2.05) is 0 Å². The number of carbonyl (C=O) groups excluding carboxylic acids is 2. The summed E-state index contributed by atoms with van der Waals surface area (Å²) in [5.41, 5.74) is -1.25. The van der Waals surface area contributed by atoms with Crippen molar-refractivity contribution in [1.29, 1.82) is 0 Å². The van der Waals surface area contributed by atoms with Gasteiger partial charge in [0.2, 0.25) is 5.95 Å². The Hall–Kier alpha value is -5.67. The molecule has 0 radical (unpaired) electrons. The van der Waals surface area contributed by atoms with Crippen molar-refractivity contribution < 1.29 is 49.9 Å². The summed E-state index contributed by atoms with van der Waals surface area (Å²) in [6.07, 6.45) is -8.30. The minimum absolute atomic E-state index is 0.0428. The fraction of sp³-hybridized carbons (Fsp3) is 0.103. The molecule has 3 aromatic carbocycles. The highest BCUT2D eigenvalue weighted by Crippen LogP contribution is 2.36. The van der Waals surface area contributed by atoms with Crippen molar-refractivity contribution in [1.82, 2.24) is 9.97 Å². The van der Waals surface area contributed by atoms with Crippen molar-refractivity contribution >= 4 is 40.7 Å². The summed E-state index contributed by atoms with van der Waals surface area (Å²) in [6.45, 7) is 3.15. The van der Waals surface area contributed by atoms with Gasteiger partial charge in [0.05, 0.1) is 29.7 Å². The number of anilines is 5. The molecule has 0 atom stereocenters. The molecule has 0 unspecified atom stereocenters. The first-order valence-corrected chi connectivity index (χ1v) is 12.5. The lowest BCUT2D eigenvalue weighted by atomic mass is 10.1. The highest BCUT2D eigenvalue weighted by molar-refractivity contribution is 6.01. The van der Waals surface area contributed by atoms with E-state index in [0.29, 0.717) is 17.5 Å². The largest absolute Gasteiger partial charge is 0.495 e. The van der Waals surface area contributed by atoms with E-state index in [-0.39, 0.29) is 28.0 Å². The number of nitrogens with one attached hydrogen (secondary N) is 2. The van der Waals surface area contributed by atoms with Crippen LogP contribution in [0.1, 0.15) is 5.56 Å². The van der Waals surface area contributed by atoms with Gasteiger partial charge in [-0.25, -0.2) is 14.2 Å². The van der Waals surface area contributed by atoms with Gasteiger partial charge in [-0.3, -0.25) is 4.79 Å². The van der Waals surface area contributed by atoms with Crippen LogP contribution in [0.4, 0.5) is 59.6 Å². The number of halogens is 7. The molecule has 4 rings (SSSR count). The van der Waals surface area contributed by atoms with E-state index in [2.05, 4.69) is 32.0 Å². The van der Waals surface area contributed by atoms with Crippen molar-refractivity contribution in [3.05, 3.63) is 97.0 Å². The number of hydrogen-bond donors (Lipinski definition) is 2. The minimum Gasteiger partial charge on any atom is -0.495 e. The summed E-state index contributed by atoms with van der Waals surface area (Å²) in [4.78, 5) is 36.4. The Kier molecular flexibility index (Phi) is 9.25. The monoisotopic (exact) mass is 635 g/mol. The Morgan fingerprint density at radius 2 is 1.62 bits per heavy atom. The molecule has 0 saturated carbocycles. The van der Waals surface area contributed by atoms with Crippen LogP contribution in [0.15, 0.2) is 85.6 Å². The van der Waals surface area contributed by atoms with Gasteiger partial charge in [-0.15, -0.1) is 5.06 Å². The van der Waals surface area contributed by atoms with Crippen molar-refractivity contribution in [3.63, 3.8) is 0 Å². The van der Waals surface area contributed by atoms with E-state index >= 15 is 4.39 Å². The molecular formula is C29H20F7N5O4. The Bertz CT molecular complexity index is 1730. The normalized spacial score (nSPS) is 11.4. The second-order valence-electron chi connectivity index (χ2n) is 8.86. The molecule has 1 heterocycles. The van der Waals surface area contributed by atoms with E-state index in [1.165, 1.54) is 13.3 Å². The van der Waals surface area contributed by atoms with E-state index < -0.39 is 47.0 Å². The molecule has 9 nitrogen and oxygen atoms in total. The van der Waals surface area contributed by atoms with Crippen LogP contribution in [0.25, 0.3) is 11.1 Å². The SMILES string of the molecule is C=CC(=O)N(OC(=O)C(F)(F)F)c1ccc(F)c(Nc2nc(Nc3ccccc3OC)ncc2-c2ccc(C(F)(F)F)cc2)c1. The van der Waals surface area contributed by atoms with Crippen LogP contribution in [0.5, 0.6) is 5.75 Å². The van der Waals surface area contributed by atoms with Crippen LogP contribution in [-0.4, -0.2) is 35.1 Å². The summed E-state index contributed by atoms with van der Waals surface area (Å²) in [6, 6.07) is 13.0. The number of alkyl halides is 6. The van der Waals surface area contributed by atoms with Crippen LogP contribution in [0.3, 0.4) is 0 Å². The number of aromatic nitrogens is 2. The molecule has 0 aliphatic heterocycles. The number of carbonyl (C=O) groups is 2. The number of benzene rings is 3. The van der Waals surface area contributed by atoms with Gasteiger partial charge in [-0.1, -0.05) is 30.8 Å². The summed E-state index contributed by atoms with van der Waals surface area (Å²) in [7, 11) is 1.42. The van der Waals surface area contributed by atoms with Crippen molar-refractivity contribution in [2.45, 2.75) is 12.4 Å². The van der Waals surface area contributed by atoms with E-state index in [9.17, 15) is 35.9 Å². The first kappa shape index (κ1) is 32.2.